The van der Waals surface area contributed by atoms with Crippen molar-refractivity contribution in [2.75, 3.05) is 37.9 Å². The Morgan fingerprint density at radius 3 is 2.00 bits per heavy atom. The Bertz CT molecular complexity index is 929. The molecule has 0 saturated heterocycles. The van der Waals surface area contributed by atoms with Gasteiger partial charge in [-0.1, -0.05) is 0 Å². The van der Waals surface area contributed by atoms with E-state index in [0.717, 1.165) is 12.0 Å². The fraction of sp³-hybridized carbons (Fsp3) is 0.409. The monoisotopic (exact) mass is 450 g/mol. The fourth-order valence-corrected chi connectivity index (χ4v) is 3.87. The summed E-state index contributed by atoms with van der Waals surface area (Å²) in [5, 5.41) is 2.87. The molecule has 31 heavy (non-hydrogen) atoms. The first-order chi connectivity index (χ1) is 14.7. The number of ether oxygens (including phenoxy) is 3. The molecule has 0 radical (unpaired) electrons. The number of rotatable bonds is 12. The highest BCUT2D eigenvalue weighted by Gasteiger charge is 2.18. The Morgan fingerprint density at radius 2 is 1.48 bits per heavy atom. The lowest BCUT2D eigenvalue weighted by molar-refractivity contribution is -0.121. The van der Waals surface area contributed by atoms with Crippen molar-refractivity contribution in [2.45, 2.75) is 25.8 Å². The number of sulfonamides is 1. The van der Waals surface area contributed by atoms with Gasteiger partial charge in [-0.15, -0.1) is 0 Å². The fourth-order valence-electron chi connectivity index (χ4n) is 2.90. The first-order valence-corrected chi connectivity index (χ1v) is 11.8. The highest BCUT2D eigenvalue weighted by molar-refractivity contribution is 7.92. The van der Waals surface area contributed by atoms with E-state index in [-0.39, 0.29) is 24.9 Å². The number of carbonyl (C=O) groups excluding carboxylic acids is 1. The van der Waals surface area contributed by atoms with Gasteiger partial charge in [0, 0.05) is 13.0 Å². The van der Waals surface area contributed by atoms with Gasteiger partial charge in [0.05, 0.1) is 32.2 Å². The maximum absolute atomic E-state index is 12.2. The first kappa shape index (κ1) is 24.3. The van der Waals surface area contributed by atoms with Crippen molar-refractivity contribution in [3.8, 4) is 17.2 Å². The molecule has 0 bridgehead atoms. The smallest absolute Gasteiger partial charge is 0.232 e. The van der Waals surface area contributed by atoms with Gasteiger partial charge in [-0.3, -0.25) is 9.10 Å². The normalized spacial score (nSPS) is 12.0. The lowest BCUT2D eigenvalue weighted by Gasteiger charge is -2.22. The molecule has 1 atom stereocenters. The molecule has 9 heteroatoms. The SMILES string of the molecule is COc1ccc(OC[C@@H](C)NC(=O)CCCN(c2ccc(OC)cc2)S(C)(=O)=O)cc1. The van der Waals surface area contributed by atoms with Crippen LogP contribution in [-0.4, -0.2) is 54.0 Å². The highest BCUT2D eigenvalue weighted by atomic mass is 32.2. The van der Waals surface area contributed by atoms with Gasteiger partial charge in [-0.05, 0) is 61.9 Å². The van der Waals surface area contributed by atoms with Crippen molar-refractivity contribution in [1.82, 2.24) is 5.32 Å². The van der Waals surface area contributed by atoms with Crippen molar-refractivity contribution in [3.63, 3.8) is 0 Å². The summed E-state index contributed by atoms with van der Waals surface area (Å²) in [7, 11) is -0.328. The third-order valence-corrected chi connectivity index (χ3v) is 5.69. The molecule has 2 aromatic rings. The summed E-state index contributed by atoms with van der Waals surface area (Å²) in [4.78, 5) is 12.2. The number of amides is 1. The molecule has 2 rings (SSSR count). The van der Waals surface area contributed by atoms with Gasteiger partial charge >= 0.3 is 0 Å². The van der Waals surface area contributed by atoms with Gasteiger partial charge in [0.25, 0.3) is 0 Å². The van der Waals surface area contributed by atoms with Crippen molar-refractivity contribution < 1.29 is 27.4 Å². The van der Waals surface area contributed by atoms with Crippen LogP contribution in [0, 0.1) is 0 Å². The Labute approximate surface area is 184 Å². The Balaban J connectivity index is 1.79. The molecule has 0 heterocycles. The minimum atomic E-state index is -3.47. The van der Waals surface area contributed by atoms with E-state index < -0.39 is 10.0 Å². The molecule has 1 N–H and O–H groups in total. The van der Waals surface area contributed by atoms with E-state index in [0.29, 0.717) is 30.2 Å². The van der Waals surface area contributed by atoms with E-state index >= 15 is 0 Å². The molecular formula is C22H30N2O6S. The average Bonchev–Trinajstić information content (AvgIpc) is 2.75. The summed E-state index contributed by atoms with van der Waals surface area (Å²) in [6.45, 7) is 2.37. The van der Waals surface area contributed by atoms with Crippen molar-refractivity contribution in [1.29, 1.82) is 0 Å². The van der Waals surface area contributed by atoms with Crippen molar-refractivity contribution >= 4 is 21.6 Å². The topological polar surface area (TPSA) is 94.2 Å². The van der Waals surface area contributed by atoms with Crippen LogP contribution in [0.1, 0.15) is 19.8 Å². The summed E-state index contributed by atoms with van der Waals surface area (Å²) in [5.74, 6) is 1.91. The number of hydrogen-bond donors (Lipinski definition) is 1. The maximum Gasteiger partial charge on any atom is 0.232 e. The van der Waals surface area contributed by atoms with Crippen LogP contribution < -0.4 is 23.8 Å². The van der Waals surface area contributed by atoms with E-state index in [4.69, 9.17) is 14.2 Å². The summed E-state index contributed by atoms with van der Waals surface area (Å²) < 4.78 is 41.5. The van der Waals surface area contributed by atoms with E-state index in [1.165, 1.54) is 4.31 Å². The molecule has 2 aromatic carbocycles. The average molecular weight is 451 g/mol. The van der Waals surface area contributed by atoms with Gasteiger partial charge in [-0.25, -0.2) is 8.42 Å². The van der Waals surface area contributed by atoms with Crippen LogP contribution in [-0.2, 0) is 14.8 Å². The Kier molecular flexibility index (Phi) is 8.99. The number of methoxy groups -OCH3 is 2. The summed E-state index contributed by atoms with van der Waals surface area (Å²) in [6.07, 6.45) is 1.74. The molecule has 0 aliphatic rings. The van der Waals surface area contributed by atoms with Gasteiger partial charge in [0.1, 0.15) is 23.9 Å². The molecule has 0 spiro atoms. The molecule has 0 unspecified atom stereocenters. The predicted molar refractivity (Wildman–Crippen MR) is 121 cm³/mol. The minimum absolute atomic E-state index is 0.158. The quantitative estimate of drug-likeness (QED) is 0.534. The number of nitrogens with one attached hydrogen (secondary N) is 1. The molecule has 0 saturated carbocycles. The van der Waals surface area contributed by atoms with E-state index in [1.807, 2.05) is 6.92 Å². The summed E-state index contributed by atoms with van der Waals surface area (Å²) in [6, 6.07) is 13.8. The third kappa shape index (κ3) is 8.01. The summed E-state index contributed by atoms with van der Waals surface area (Å²) in [5.41, 5.74) is 0.532. The zero-order chi connectivity index (χ0) is 22.9. The molecule has 8 nitrogen and oxygen atoms in total. The van der Waals surface area contributed by atoms with Crippen LogP contribution >= 0.6 is 0 Å². The number of hydrogen-bond acceptors (Lipinski definition) is 6. The highest BCUT2D eigenvalue weighted by Crippen LogP contribution is 2.22. The lowest BCUT2D eigenvalue weighted by Crippen LogP contribution is -2.37. The third-order valence-electron chi connectivity index (χ3n) is 4.49. The number of benzene rings is 2. The van der Waals surface area contributed by atoms with Crippen LogP contribution in [0.5, 0.6) is 17.2 Å². The Hall–Kier alpha value is -2.94. The molecular weight excluding hydrogens is 420 g/mol. The van der Waals surface area contributed by atoms with Crippen LogP contribution in [0.3, 0.4) is 0 Å². The van der Waals surface area contributed by atoms with Gasteiger partial charge in [0.15, 0.2) is 0 Å². The molecule has 0 fully saturated rings. The second kappa shape index (κ2) is 11.5. The number of nitrogens with zero attached hydrogens (tertiary/aromatic N) is 1. The van der Waals surface area contributed by atoms with Crippen molar-refractivity contribution in [2.24, 2.45) is 0 Å². The standard InChI is InChI=1S/C22H30N2O6S/c1-17(16-30-21-13-11-20(29-3)12-14-21)23-22(25)6-5-15-24(31(4,26)27)18-7-9-19(28-2)10-8-18/h7-14,17H,5-6,15-16H2,1-4H3,(H,23,25)/t17-/m1/s1. The van der Waals surface area contributed by atoms with Crippen molar-refractivity contribution in [3.05, 3.63) is 48.5 Å². The zero-order valence-electron chi connectivity index (χ0n) is 18.3. The first-order valence-electron chi connectivity index (χ1n) is 9.91. The predicted octanol–water partition coefficient (Wildman–Crippen LogP) is 2.83. The second-order valence-corrected chi connectivity index (χ2v) is 9.00. The molecule has 0 aromatic heterocycles. The number of carbonyl (C=O) groups is 1. The van der Waals surface area contributed by atoms with E-state index in [2.05, 4.69) is 5.32 Å². The minimum Gasteiger partial charge on any atom is -0.497 e. The van der Waals surface area contributed by atoms with Crippen LogP contribution in [0.15, 0.2) is 48.5 Å². The van der Waals surface area contributed by atoms with Gasteiger partial charge in [-0.2, -0.15) is 0 Å². The van der Waals surface area contributed by atoms with Crippen LogP contribution in [0.25, 0.3) is 0 Å². The molecule has 0 aliphatic heterocycles. The second-order valence-electron chi connectivity index (χ2n) is 7.09. The van der Waals surface area contributed by atoms with Gasteiger partial charge < -0.3 is 19.5 Å². The maximum atomic E-state index is 12.2. The lowest BCUT2D eigenvalue weighted by atomic mass is 10.2. The summed E-state index contributed by atoms with van der Waals surface area (Å²) >= 11 is 0. The zero-order valence-corrected chi connectivity index (χ0v) is 19.1. The number of anilines is 1. The van der Waals surface area contributed by atoms with E-state index in [1.54, 1.807) is 62.8 Å². The molecule has 0 aliphatic carbocycles. The van der Waals surface area contributed by atoms with Crippen LogP contribution in [0.2, 0.25) is 0 Å². The van der Waals surface area contributed by atoms with E-state index in [9.17, 15) is 13.2 Å². The van der Waals surface area contributed by atoms with Crippen LogP contribution in [0.4, 0.5) is 5.69 Å². The van der Waals surface area contributed by atoms with Gasteiger partial charge in [0.2, 0.25) is 15.9 Å². The largest absolute Gasteiger partial charge is 0.497 e. The Morgan fingerprint density at radius 1 is 0.968 bits per heavy atom. The molecule has 1 amide bonds. The molecule has 170 valence electrons.